The van der Waals surface area contributed by atoms with E-state index in [0.717, 1.165) is 0 Å². The first-order valence-corrected chi connectivity index (χ1v) is 5.79. The lowest BCUT2D eigenvalue weighted by Crippen LogP contribution is -2.10. The minimum absolute atomic E-state index is 0.398. The van der Waals surface area contributed by atoms with Crippen molar-refractivity contribution in [1.82, 2.24) is 0 Å². The standard InChI is InChI=1S/C4H7NO.2H2O4S/c1-3(2)4(5)6;2*1-5(2,3)4/h1H2,2H3,(H2,5,6);2*(H2,1,2,3,4). The number of hydrogen-bond donors (Lipinski definition) is 5. The first kappa shape index (κ1) is 20.4. The van der Waals surface area contributed by atoms with E-state index in [2.05, 4.69) is 6.58 Å². The van der Waals surface area contributed by atoms with Gasteiger partial charge in [0.1, 0.15) is 0 Å². The SMILES string of the molecule is C=C(C)C(N)=O.O=S(=O)(O)O.O=S(=O)(O)O. The fourth-order valence-electron chi connectivity index (χ4n) is 0. The van der Waals surface area contributed by atoms with Gasteiger partial charge in [0.2, 0.25) is 5.91 Å². The number of amides is 1. The molecule has 0 aliphatic rings. The first-order valence-electron chi connectivity index (χ1n) is 2.99. The number of carbonyl (C=O) groups is 1. The van der Waals surface area contributed by atoms with Gasteiger partial charge in [0.05, 0.1) is 0 Å². The highest BCUT2D eigenvalue weighted by Crippen LogP contribution is 1.78. The molecule has 0 aromatic rings. The molecule has 0 atom stereocenters. The summed E-state index contributed by atoms with van der Waals surface area (Å²) < 4.78 is 63.2. The predicted molar refractivity (Wildman–Crippen MR) is 52.4 cm³/mol. The van der Waals surface area contributed by atoms with Crippen LogP contribution in [0.3, 0.4) is 0 Å². The highest BCUT2D eigenvalue weighted by Gasteiger charge is 1.87. The zero-order valence-corrected chi connectivity index (χ0v) is 9.56. The summed E-state index contributed by atoms with van der Waals surface area (Å²) in [7, 11) is -9.33. The van der Waals surface area contributed by atoms with Crippen molar-refractivity contribution >= 4 is 26.7 Å². The summed E-state index contributed by atoms with van der Waals surface area (Å²) >= 11 is 0. The van der Waals surface area contributed by atoms with Crippen LogP contribution in [0.1, 0.15) is 6.92 Å². The van der Waals surface area contributed by atoms with Crippen LogP contribution in [0.4, 0.5) is 0 Å². The fourth-order valence-corrected chi connectivity index (χ4v) is 0. The molecule has 6 N–H and O–H groups in total. The van der Waals surface area contributed by atoms with Gasteiger partial charge in [-0.25, -0.2) is 0 Å². The summed E-state index contributed by atoms with van der Waals surface area (Å²) in [6, 6.07) is 0. The maximum Gasteiger partial charge on any atom is 0.394 e. The molecule has 0 aromatic carbocycles. The summed E-state index contributed by atoms with van der Waals surface area (Å²) in [4.78, 5) is 9.82. The molecule has 10 nitrogen and oxygen atoms in total. The third-order valence-corrected chi connectivity index (χ3v) is 0.421. The van der Waals surface area contributed by atoms with Gasteiger partial charge >= 0.3 is 20.8 Å². The second kappa shape index (κ2) is 8.14. The molecule has 0 aliphatic heterocycles. The van der Waals surface area contributed by atoms with Crippen LogP contribution in [0.2, 0.25) is 0 Å². The second-order valence-corrected chi connectivity index (χ2v) is 3.83. The molecule has 1 amide bonds. The van der Waals surface area contributed by atoms with Crippen LogP contribution in [0.5, 0.6) is 0 Å². The molecule has 0 aliphatic carbocycles. The van der Waals surface area contributed by atoms with E-state index in [1.54, 1.807) is 6.92 Å². The minimum Gasteiger partial charge on any atom is -0.366 e. The summed E-state index contributed by atoms with van der Waals surface area (Å²) in [6.45, 7) is 4.85. The molecule has 12 heteroatoms. The Bertz CT molecular complexity index is 360. The lowest BCUT2D eigenvalue weighted by atomic mass is 10.3. The van der Waals surface area contributed by atoms with Gasteiger partial charge in [0.25, 0.3) is 0 Å². The van der Waals surface area contributed by atoms with Crippen molar-refractivity contribution < 1.29 is 39.8 Å². The molecule has 0 saturated heterocycles. The van der Waals surface area contributed by atoms with Crippen molar-refractivity contribution in [2.45, 2.75) is 6.92 Å². The van der Waals surface area contributed by atoms with Crippen LogP contribution in [-0.4, -0.2) is 41.0 Å². The summed E-state index contributed by atoms with van der Waals surface area (Å²) in [5.74, 6) is -0.435. The zero-order chi connectivity index (χ0) is 14.2. The summed E-state index contributed by atoms with van der Waals surface area (Å²) in [6.07, 6.45) is 0. The highest BCUT2D eigenvalue weighted by atomic mass is 32.3. The lowest BCUT2D eigenvalue weighted by molar-refractivity contribution is -0.114. The van der Waals surface area contributed by atoms with Crippen molar-refractivity contribution in [3.63, 3.8) is 0 Å². The van der Waals surface area contributed by atoms with E-state index < -0.39 is 26.7 Å². The Labute approximate surface area is 91.9 Å². The Morgan fingerprint density at radius 3 is 1.06 bits per heavy atom. The molecule has 0 aromatic heterocycles. The maximum atomic E-state index is 9.82. The fraction of sp³-hybridized carbons (Fsp3) is 0.250. The Morgan fingerprint density at radius 2 is 1.06 bits per heavy atom. The Hall–Kier alpha value is -1.05. The largest absolute Gasteiger partial charge is 0.394 e. The van der Waals surface area contributed by atoms with Gasteiger partial charge in [-0.1, -0.05) is 6.58 Å². The molecular formula is C4H11NO9S2. The van der Waals surface area contributed by atoms with Crippen LogP contribution >= 0.6 is 0 Å². The summed E-state index contributed by atoms with van der Waals surface area (Å²) in [5.41, 5.74) is 5.09. The van der Waals surface area contributed by atoms with Crippen molar-refractivity contribution in [2.75, 3.05) is 0 Å². The van der Waals surface area contributed by atoms with E-state index in [9.17, 15) is 4.79 Å². The van der Waals surface area contributed by atoms with Crippen molar-refractivity contribution in [3.05, 3.63) is 12.2 Å². The Kier molecular flexibility index (Phi) is 10.4. The molecule has 0 heterocycles. The topological polar surface area (TPSA) is 192 Å². The van der Waals surface area contributed by atoms with E-state index in [4.69, 9.17) is 40.8 Å². The van der Waals surface area contributed by atoms with Gasteiger partial charge in [-0.2, -0.15) is 16.8 Å². The van der Waals surface area contributed by atoms with Gasteiger partial charge in [-0.3, -0.25) is 23.0 Å². The Balaban J connectivity index is -0.000000160. The van der Waals surface area contributed by atoms with E-state index in [-0.39, 0.29) is 0 Å². The smallest absolute Gasteiger partial charge is 0.366 e. The third kappa shape index (κ3) is 213. The third-order valence-electron chi connectivity index (χ3n) is 0.421. The average Bonchev–Trinajstić information content (AvgIpc) is 1.77. The van der Waals surface area contributed by atoms with Crippen molar-refractivity contribution in [3.8, 4) is 0 Å². The van der Waals surface area contributed by atoms with Crippen LogP contribution < -0.4 is 5.73 Å². The molecule has 0 bridgehead atoms. The molecule has 0 saturated carbocycles. The van der Waals surface area contributed by atoms with Crippen molar-refractivity contribution in [2.24, 2.45) is 5.73 Å². The number of hydrogen-bond acceptors (Lipinski definition) is 5. The molecule has 0 unspecified atom stereocenters. The van der Waals surface area contributed by atoms with Gasteiger partial charge in [0, 0.05) is 5.57 Å². The van der Waals surface area contributed by atoms with Crippen LogP contribution in [-0.2, 0) is 25.6 Å². The molecule has 16 heavy (non-hydrogen) atoms. The Morgan fingerprint density at radius 1 is 1.00 bits per heavy atom. The molecule has 0 radical (unpaired) electrons. The minimum atomic E-state index is -4.67. The van der Waals surface area contributed by atoms with E-state index in [0.29, 0.717) is 5.57 Å². The first-order chi connectivity index (χ1) is 6.64. The normalized spacial score (nSPS) is 10.1. The number of carbonyl (C=O) groups excluding carboxylic acids is 1. The second-order valence-electron chi connectivity index (χ2n) is 2.04. The molecule has 0 fully saturated rings. The number of rotatable bonds is 1. The van der Waals surface area contributed by atoms with Crippen LogP contribution in [0, 0.1) is 0 Å². The van der Waals surface area contributed by atoms with E-state index in [1.807, 2.05) is 0 Å². The predicted octanol–water partition coefficient (Wildman–Crippen LogP) is -1.26. The van der Waals surface area contributed by atoms with Gasteiger partial charge < -0.3 is 5.73 Å². The van der Waals surface area contributed by atoms with E-state index in [1.165, 1.54) is 0 Å². The van der Waals surface area contributed by atoms with Gasteiger partial charge in [-0.15, -0.1) is 0 Å². The van der Waals surface area contributed by atoms with Crippen molar-refractivity contribution in [1.29, 1.82) is 0 Å². The maximum absolute atomic E-state index is 9.82. The molecule has 0 rings (SSSR count). The highest BCUT2D eigenvalue weighted by molar-refractivity contribution is 7.80. The van der Waals surface area contributed by atoms with E-state index >= 15 is 0 Å². The van der Waals surface area contributed by atoms with Crippen LogP contribution in [0.15, 0.2) is 12.2 Å². The zero-order valence-electron chi connectivity index (χ0n) is 7.93. The lowest BCUT2D eigenvalue weighted by Gasteiger charge is -1.81. The average molecular weight is 281 g/mol. The van der Waals surface area contributed by atoms with Gasteiger partial charge in [-0.05, 0) is 6.92 Å². The van der Waals surface area contributed by atoms with Crippen LogP contribution in [0.25, 0.3) is 0 Å². The molecular weight excluding hydrogens is 270 g/mol. The molecule has 98 valence electrons. The van der Waals surface area contributed by atoms with Gasteiger partial charge in [0.15, 0.2) is 0 Å². The molecule has 0 spiro atoms. The number of primary amides is 1. The monoisotopic (exact) mass is 281 g/mol. The quantitative estimate of drug-likeness (QED) is 0.288. The summed E-state index contributed by atoms with van der Waals surface area (Å²) in [5, 5.41) is 0. The number of nitrogens with two attached hydrogens (primary N) is 1.